The first-order valence-corrected chi connectivity index (χ1v) is 11.1. The number of hydrogen-bond donors (Lipinski definition) is 1. The van der Waals surface area contributed by atoms with Crippen molar-refractivity contribution in [3.63, 3.8) is 0 Å². The zero-order chi connectivity index (χ0) is 17.0. The molecule has 0 aliphatic carbocycles. The number of halogens is 1. The molecule has 0 amide bonds. The van der Waals surface area contributed by atoms with Gasteiger partial charge in [-0.05, 0) is 25.7 Å². The Kier molecular flexibility index (Phi) is 7.77. The van der Waals surface area contributed by atoms with E-state index in [4.69, 9.17) is 20.6 Å². The molecule has 0 aromatic heterocycles. The summed E-state index contributed by atoms with van der Waals surface area (Å²) >= 11 is 7.82. The highest BCUT2D eigenvalue weighted by molar-refractivity contribution is 8.00. The molecule has 0 spiro atoms. The third-order valence-electron chi connectivity index (χ3n) is 4.05. The molecule has 1 aliphatic heterocycles. The van der Waals surface area contributed by atoms with Crippen LogP contribution in [-0.4, -0.2) is 36.0 Å². The van der Waals surface area contributed by atoms with Gasteiger partial charge in [0.15, 0.2) is 0 Å². The second-order valence-corrected chi connectivity index (χ2v) is 10.6. The van der Waals surface area contributed by atoms with Crippen LogP contribution in [0.1, 0.15) is 48.0 Å². The minimum atomic E-state index is -3.20. The lowest BCUT2D eigenvalue weighted by Crippen LogP contribution is -2.56. The summed E-state index contributed by atoms with van der Waals surface area (Å²) < 4.78 is 24.5. The van der Waals surface area contributed by atoms with Crippen LogP contribution >= 0.6 is 31.0 Å². The van der Waals surface area contributed by atoms with E-state index in [-0.39, 0.29) is 22.0 Å². The minimum Gasteiger partial charge on any atom is -0.308 e. The van der Waals surface area contributed by atoms with Gasteiger partial charge in [0.25, 0.3) is 0 Å². The third kappa shape index (κ3) is 4.87. The lowest BCUT2D eigenvalue weighted by molar-refractivity contribution is 0.166. The Morgan fingerprint density at radius 2 is 1.86 bits per heavy atom. The van der Waals surface area contributed by atoms with Crippen molar-refractivity contribution >= 4 is 31.0 Å². The topological polar surface area (TPSA) is 47.6 Å². The first kappa shape index (κ1) is 20.8. The molecule has 4 nitrogen and oxygen atoms in total. The molecule has 1 fully saturated rings. The van der Waals surface area contributed by atoms with Crippen molar-refractivity contribution in [1.82, 2.24) is 5.32 Å². The van der Waals surface area contributed by atoms with Gasteiger partial charge in [-0.3, -0.25) is 9.88 Å². The van der Waals surface area contributed by atoms with Crippen LogP contribution in [0.15, 0.2) is 0 Å². The van der Waals surface area contributed by atoms with Crippen LogP contribution in [0.4, 0.5) is 0 Å². The zero-order valence-corrected chi connectivity index (χ0v) is 17.1. The smallest absolute Gasteiger partial charge is 0.308 e. The molecular formula is C15H31ClNO3PS. The van der Waals surface area contributed by atoms with Gasteiger partial charge in [-0.25, -0.2) is 0 Å². The van der Waals surface area contributed by atoms with E-state index >= 15 is 0 Å². The third-order valence-corrected chi connectivity index (χ3v) is 8.98. The summed E-state index contributed by atoms with van der Waals surface area (Å²) in [5.74, 6) is 1.22. The lowest BCUT2D eigenvalue weighted by Gasteiger charge is -2.48. The molecule has 22 heavy (non-hydrogen) atoms. The average Bonchev–Trinajstić information content (AvgIpc) is 2.38. The lowest BCUT2D eigenvalue weighted by atomic mass is 9.88. The van der Waals surface area contributed by atoms with Gasteiger partial charge in [0.05, 0.1) is 18.6 Å². The summed E-state index contributed by atoms with van der Waals surface area (Å²) in [6.45, 7) is 13.1. The molecule has 2 atom stereocenters. The fourth-order valence-electron chi connectivity index (χ4n) is 2.69. The highest BCUT2D eigenvalue weighted by Gasteiger charge is 2.51. The van der Waals surface area contributed by atoms with Gasteiger partial charge in [0, 0.05) is 17.0 Å². The van der Waals surface area contributed by atoms with Crippen LogP contribution in [0.2, 0.25) is 0 Å². The highest BCUT2D eigenvalue weighted by Crippen LogP contribution is 2.60. The number of alkyl halides is 1. The van der Waals surface area contributed by atoms with E-state index < -0.39 is 7.60 Å². The van der Waals surface area contributed by atoms with Crippen LogP contribution in [0.25, 0.3) is 0 Å². The Labute approximate surface area is 145 Å². The Morgan fingerprint density at radius 1 is 1.32 bits per heavy atom. The Balaban J connectivity index is 3.04. The summed E-state index contributed by atoms with van der Waals surface area (Å²) in [6, 6.07) is 0. The summed E-state index contributed by atoms with van der Waals surface area (Å²) in [5.41, 5.74) is -0.150. The van der Waals surface area contributed by atoms with Gasteiger partial charge in [-0.1, -0.05) is 27.7 Å². The van der Waals surface area contributed by atoms with E-state index in [1.807, 2.05) is 25.6 Å². The van der Waals surface area contributed by atoms with Crippen molar-refractivity contribution in [2.75, 3.05) is 24.8 Å². The van der Waals surface area contributed by atoms with Gasteiger partial charge >= 0.3 is 7.60 Å². The van der Waals surface area contributed by atoms with Gasteiger partial charge in [0.2, 0.25) is 0 Å². The molecule has 0 radical (unpaired) electrons. The molecule has 0 aromatic carbocycles. The number of hydrogen-bond acceptors (Lipinski definition) is 5. The number of rotatable bonds is 8. The zero-order valence-electron chi connectivity index (χ0n) is 14.6. The summed E-state index contributed by atoms with van der Waals surface area (Å²) in [6.07, 6.45) is 0.903. The predicted octanol–water partition coefficient (Wildman–Crippen LogP) is 4.92. The van der Waals surface area contributed by atoms with Crippen molar-refractivity contribution in [3.05, 3.63) is 0 Å². The molecule has 0 bridgehead atoms. The SMILES string of the molecule is CCOP(=O)(OCC)[C@@H]1N[C@H](C(C)(C)CCCl)SCC1(C)C. The number of nitrogens with one attached hydrogen (secondary N) is 1. The molecular weight excluding hydrogens is 341 g/mol. The van der Waals surface area contributed by atoms with Crippen LogP contribution in [-0.2, 0) is 13.6 Å². The van der Waals surface area contributed by atoms with E-state index in [0.29, 0.717) is 19.1 Å². The Hall–Kier alpha value is 0.750. The van der Waals surface area contributed by atoms with Gasteiger partial charge in [-0.15, -0.1) is 23.4 Å². The summed E-state index contributed by atoms with van der Waals surface area (Å²) in [4.78, 5) is 0. The van der Waals surface area contributed by atoms with Crippen LogP contribution in [0, 0.1) is 10.8 Å². The summed E-state index contributed by atoms with van der Waals surface area (Å²) in [7, 11) is -3.20. The standard InChI is InChI=1S/C15H31ClNO3PS/c1-7-19-21(18,20-8-2)12-15(5,6)11-22-13(17-12)14(3,4)9-10-16/h12-13,17H,7-11H2,1-6H3/t12-,13-/m0/s1. The first-order chi connectivity index (χ1) is 10.1. The number of thioether (sulfide) groups is 1. The molecule has 1 N–H and O–H groups in total. The monoisotopic (exact) mass is 371 g/mol. The molecule has 1 aliphatic rings. The molecule has 1 heterocycles. The predicted molar refractivity (Wildman–Crippen MR) is 96.9 cm³/mol. The fraction of sp³-hybridized carbons (Fsp3) is 1.00. The van der Waals surface area contributed by atoms with Crippen LogP contribution < -0.4 is 5.32 Å². The first-order valence-electron chi connectivity index (χ1n) is 7.95. The second-order valence-electron chi connectivity index (χ2n) is 7.05. The maximum absolute atomic E-state index is 13.3. The van der Waals surface area contributed by atoms with Crippen molar-refractivity contribution < 1.29 is 13.6 Å². The average molecular weight is 372 g/mol. The molecule has 7 heteroatoms. The molecule has 1 saturated heterocycles. The van der Waals surface area contributed by atoms with Crippen molar-refractivity contribution in [2.24, 2.45) is 10.8 Å². The Bertz CT molecular complexity index is 396. The van der Waals surface area contributed by atoms with E-state index in [1.54, 1.807) is 0 Å². The van der Waals surface area contributed by atoms with Crippen LogP contribution in [0.5, 0.6) is 0 Å². The van der Waals surface area contributed by atoms with Crippen molar-refractivity contribution in [2.45, 2.75) is 59.1 Å². The second kappa shape index (κ2) is 8.22. The van der Waals surface area contributed by atoms with E-state index in [1.165, 1.54) is 0 Å². The Morgan fingerprint density at radius 3 is 2.32 bits per heavy atom. The minimum absolute atomic E-state index is 0.0183. The van der Waals surface area contributed by atoms with Gasteiger partial charge in [0.1, 0.15) is 5.78 Å². The molecule has 132 valence electrons. The van der Waals surface area contributed by atoms with Crippen molar-refractivity contribution in [3.8, 4) is 0 Å². The van der Waals surface area contributed by atoms with E-state index in [9.17, 15) is 4.57 Å². The van der Waals surface area contributed by atoms with Gasteiger partial charge < -0.3 is 9.05 Å². The maximum atomic E-state index is 13.3. The summed E-state index contributed by atoms with van der Waals surface area (Å²) in [5, 5.41) is 3.75. The van der Waals surface area contributed by atoms with E-state index in [0.717, 1.165) is 12.2 Å². The normalized spacial score (nSPS) is 26.1. The quantitative estimate of drug-likeness (QED) is 0.484. The molecule has 0 saturated carbocycles. The van der Waals surface area contributed by atoms with Crippen LogP contribution in [0.3, 0.4) is 0 Å². The largest absolute Gasteiger partial charge is 0.348 e. The van der Waals surface area contributed by atoms with Crippen molar-refractivity contribution in [1.29, 1.82) is 0 Å². The molecule has 0 aromatic rings. The fourth-order valence-corrected chi connectivity index (χ4v) is 7.33. The highest BCUT2D eigenvalue weighted by atomic mass is 35.5. The molecule has 1 rings (SSSR count). The van der Waals surface area contributed by atoms with Gasteiger partial charge in [-0.2, -0.15) is 0 Å². The van der Waals surface area contributed by atoms with E-state index in [2.05, 4.69) is 33.0 Å². The molecule has 0 unspecified atom stereocenters. The maximum Gasteiger partial charge on any atom is 0.348 e.